The van der Waals surface area contributed by atoms with Crippen LogP contribution in [0, 0.1) is 11.6 Å². The van der Waals surface area contributed by atoms with Crippen molar-refractivity contribution in [2.24, 2.45) is 5.73 Å². The molecule has 0 aromatic heterocycles. The predicted molar refractivity (Wildman–Crippen MR) is 79.9 cm³/mol. The Kier molecular flexibility index (Phi) is 4.59. The Labute approximate surface area is 125 Å². The molecule has 3 nitrogen and oxygen atoms in total. The van der Waals surface area contributed by atoms with Gasteiger partial charge in [-0.1, -0.05) is 42.5 Å². The van der Waals surface area contributed by atoms with Crippen LogP contribution in [0.2, 0.25) is 0 Å². The van der Waals surface area contributed by atoms with E-state index in [1.807, 2.05) is 0 Å². The standard InChI is InChI=1S/C15H12F2N2OS/c16-12-3-1-2-11(13(12)17)15(20)19-8-9-4-6-10(7-5-9)14(18)21/h1-7H,8H2,(H2,18,21)(H,19,20). The molecule has 108 valence electrons. The number of hydrogen-bond donors (Lipinski definition) is 2. The highest BCUT2D eigenvalue weighted by Gasteiger charge is 2.14. The molecular weight excluding hydrogens is 294 g/mol. The lowest BCUT2D eigenvalue weighted by Crippen LogP contribution is -2.24. The molecule has 1 amide bonds. The first-order valence-electron chi connectivity index (χ1n) is 6.10. The second-order valence-electron chi connectivity index (χ2n) is 4.35. The van der Waals surface area contributed by atoms with E-state index in [1.165, 1.54) is 12.1 Å². The van der Waals surface area contributed by atoms with Crippen LogP contribution in [0.25, 0.3) is 0 Å². The monoisotopic (exact) mass is 306 g/mol. The Morgan fingerprint density at radius 3 is 2.43 bits per heavy atom. The third-order valence-corrected chi connectivity index (χ3v) is 3.12. The van der Waals surface area contributed by atoms with E-state index in [4.69, 9.17) is 18.0 Å². The molecule has 0 aliphatic heterocycles. The van der Waals surface area contributed by atoms with Crippen LogP contribution in [0.4, 0.5) is 8.78 Å². The van der Waals surface area contributed by atoms with Crippen LogP contribution in [0.15, 0.2) is 42.5 Å². The minimum Gasteiger partial charge on any atom is -0.389 e. The van der Waals surface area contributed by atoms with Crippen molar-refractivity contribution < 1.29 is 13.6 Å². The average Bonchev–Trinajstić information content (AvgIpc) is 2.48. The zero-order valence-corrected chi connectivity index (χ0v) is 11.7. The van der Waals surface area contributed by atoms with Gasteiger partial charge in [-0.05, 0) is 17.7 Å². The maximum atomic E-state index is 13.5. The summed E-state index contributed by atoms with van der Waals surface area (Å²) in [5.74, 6) is -2.88. The number of carbonyl (C=O) groups excluding carboxylic acids is 1. The number of carbonyl (C=O) groups is 1. The van der Waals surface area contributed by atoms with Crippen molar-refractivity contribution in [2.75, 3.05) is 0 Å². The first-order valence-corrected chi connectivity index (χ1v) is 6.51. The largest absolute Gasteiger partial charge is 0.389 e. The van der Waals surface area contributed by atoms with E-state index in [1.54, 1.807) is 24.3 Å². The van der Waals surface area contributed by atoms with Crippen molar-refractivity contribution in [3.63, 3.8) is 0 Å². The fraction of sp³-hybridized carbons (Fsp3) is 0.0667. The summed E-state index contributed by atoms with van der Waals surface area (Å²) in [5.41, 5.74) is 6.66. The average molecular weight is 306 g/mol. The first kappa shape index (κ1) is 15.1. The number of thiocarbonyl (C=S) groups is 1. The molecule has 0 fully saturated rings. The minimum absolute atomic E-state index is 0.187. The number of nitrogens with one attached hydrogen (secondary N) is 1. The van der Waals surface area contributed by atoms with Crippen molar-refractivity contribution >= 4 is 23.1 Å². The van der Waals surface area contributed by atoms with Crippen molar-refractivity contribution in [2.45, 2.75) is 6.54 Å². The Morgan fingerprint density at radius 2 is 1.81 bits per heavy atom. The molecule has 0 radical (unpaired) electrons. The van der Waals surface area contributed by atoms with Crippen molar-refractivity contribution in [1.29, 1.82) is 0 Å². The highest BCUT2D eigenvalue weighted by Crippen LogP contribution is 2.11. The van der Waals surface area contributed by atoms with Crippen molar-refractivity contribution in [3.8, 4) is 0 Å². The van der Waals surface area contributed by atoms with Gasteiger partial charge in [-0.15, -0.1) is 0 Å². The number of amides is 1. The lowest BCUT2D eigenvalue weighted by molar-refractivity contribution is 0.0946. The summed E-state index contributed by atoms with van der Waals surface area (Å²) < 4.78 is 26.5. The molecule has 0 bridgehead atoms. The third-order valence-electron chi connectivity index (χ3n) is 2.89. The van der Waals surface area contributed by atoms with E-state index in [-0.39, 0.29) is 17.1 Å². The molecule has 0 atom stereocenters. The maximum Gasteiger partial charge on any atom is 0.254 e. The third kappa shape index (κ3) is 3.61. The summed E-state index contributed by atoms with van der Waals surface area (Å²) in [6.07, 6.45) is 0. The van der Waals surface area contributed by atoms with E-state index in [0.29, 0.717) is 0 Å². The van der Waals surface area contributed by atoms with E-state index >= 15 is 0 Å². The fourth-order valence-corrected chi connectivity index (χ4v) is 1.88. The summed E-state index contributed by atoms with van der Waals surface area (Å²) in [4.78, 5) is 12.1. The van der Waals surface area contributed by atoms with Crippen LogP contribution in [0.3, 0.4) is 0 Å². The molecule has 2 aromatic carbocycles. The summed E-state index contributed by atoms with van der Waals surface area (Å²) in [6.45, 7) is 0.187. The Morgan fingerprint density at radius 1 is 1.14 bits per heavy atom. The first-order chi connectivity index (χ1) is 9.99. The van der Waals surface area contributed by atoms with Crippen LogP contribution in [0.5, 0.6) is 0 Å². The summed E-state index contributed by atoms with van der Waals surface area (Å²) in [7, 11) is 0. The van der Waals surface area contributed by atoms with E-state index < -0.39 is 17.5 Å². The van der Waals surface area contributed by atoms with Gasteiger partial charge in [0.25, 0.3) is 5.91 Å². The van der Waals surface area contributed by atoms with Crippen LogP contribution < -0.4 is 11.1 Å². The molecular formula is C15H12F2N2OS. The lowest BCUT2D eigenvalue weighted by atomic mass is 10.1. The van der Waals surface area contributed by atoms with Gasteiger partial charge in [0.15, 0.2) is 11.6 Å². The second kappa shape index (κ2) is 6.41. The normalized spacial score (nSPS) is 10.2. The van der Waals surface area contributed by atoms with Crippen LogP contribution >= 0.6 is 12.2 Å². The molecule has 0 saturated carbocycles. The van der Waals surface area contributed by atoms with Gasteiger partial charge in [0, 0.05) is 12.1 Å². The minimum atomic E-state index is -1.15. The van der Waals surface area contributed by atoms with Gasteiger partial charge in [0.1, 0.15) is 4.99 Å². The molecule has 0 spiro atoms. The lowest BCUT2D eigenvalue weighted by Gasteiger charge is -2.07. The summed E-state index contributed by atoms with van der Waals surface area (Å²) >= 11 is 4.83. The smallest absolute Gasteiger partial charge is 0.254 e. The number of halogens is 2. The number of nitrogens with two attached hydrogens (primary N) is 1. The Balaban J connectivity index is 2.04. The van der Waals surface area contributed by atoms with Gasteiger partial charge in [0.05, 0.1) is 5.56 Å². The predicted octanol–water partition coefficient (Wildman–Crippen LogP) is 2.53. The zero-order valence-electron chi connectivity index (χ0n) is 10.9. The summed E-state index contributed by atoms with van der Waals surface area (Å²) in [6, 6.07) is 10.4. The summed E-state index contributed by atoms with van der Waals surface area (Å²) in [5, 5.41) is 2.52. The SMILES string of the molecule is NC(=S)c1ccc(CNC(=O)c2cccc(F)c2F)cc1. The van der Waals surface area contributed by atoms with Crippen molar-refractivity contribution in [3.05, 3.63) is 70.8 Å². The number of hydrogen-bond acceptors (Lipinski definition) is 2. The highest BCUT2D eigenvalue weighted by atomic mass is 32.1. The maximum absolute atomic E-state index is 13.5. The van der Waals surface area contributed by atoms with E-state index in [2.05, 4.69) is 5.32 Å². The molecule has 0 aliphatic carbocycles. The molecule has 3 N–H and O–H groups in total. The van der Waals surface area contributed by atoms with Gasteiger partial charge in [-0.2, -0.15) is 0 Å². The molecule has 2 rings (SSSR count). The number of benzene rings is 2. The molecule has 0 unspecified atom stereocenters. The van der Waals surface area contributed by atoms with E-state index in [0.717, 1.165) is 17.2 Å². The molecule has 21 heavy (non-hydrogen) atoms. The van der Waals surface area contributed by atoms with Gasteiger partial charge in [0.2, 0.25) is 0 Å². The Hall–Kier alpha value is -2.34. The zero-order chi connectivity index (χ0) is 15.4. The fourth-order valence-electron chi connectivity index (χ4n) is 1.74. The second-order valence-corrected chi connectivity index (χ2v) is 4.79. The quantitative estimate of drug-likeness (QED) is 0.854. The molecule has 0 aliphatic rings. The van der Waals surface area contributed by atoms with Gasteiger partial charge in [-0.25, -0.2) is 8.78 Å². The van der Waals surface area contributed by atoms with Gasteiger partial charge >= 0.3 is 0 Å². The van der Waals surface area contributed by atoms with Gasteiger partial charge < -0.3 is 11.1 Å². The molecule has 0 saturated heterocycles. The van der Waals surface area contributed by atoms with Gasteiger partial charge in [-0.3, -0.25) is 4.79 Å². The van der Waals surface area contributed by atoms with Crippen LogP contribution in [-0.4, -0.2) is 10.9 Å². The van der Waals surface area contributed by atoms with Crippen molar-refractivity contribution in [1.82, 2.24) is 5.32 Å². The molecule has 0 heterocycles. The highest BCUT2D eigenvalue weighted by molar-refractivity contribution is 7.80. The van der Waals surface area contributed by atoms with Crippen LogP contribution in [0.1, 0.15) is 21.5 Å². The number of rotatable bonds is 4. The Bertz CT molecular complexity index is 687. The van der Waals surface area contributed by atoms with E-state index in [9.17, 15) is 13.6 Å². The molecule has 2 aromatic rings. The topological polar surface area (TPSA) is 55.1 Å². The van der Waals surface area contributed by atoms with Crippen LogP contribution in [-0.2, 0) is 6.54 Å². The molecule has 6 heteroatoms.